The number of rotatable bonds is 0. The Morgan fingerprint density at radius 2 is 2.00 bits per heavy atom. The topological polar surface area (TPSA) is 34.9 Å². The zero-order valence-electron chi connectivity index (χ0n) is 8.99. The predicted molar refractivity (Wildman–Crippen MR) is 63.3 cm³/mol. The van der Waals surface area contributed by atoms with E-state index in [0.29, 0.717) is 15.9 Å². The average molecular weight is 225 g/mol. The number of aryl methyl sites for hydroxylation is 1. The first-order valence-corrected chi connectivity index (χ1v) is 5.17. The van der Waals surface area contributed by atoms with Gasteiger partial charge in [-0.1, -0.05) is 25.4 Å². The molecular formula is C11H13ClN2O. The second-order valence-electron chi connectivity index (χ2n) is 2.82. The average Bonchev–Trinajstić information content (AvgIpc) is 2.27. The smallest absolute Gasteiger partial charge is 0.260 e. The van der Waals surface area contributed by atoms with Gasteiger partial charge < -0.3 is 4.57 Å². The first-order chi connectivity index (χ1) is 7.18. The summed E-state index contributed by atoms with van der Waals surface area (Å²) in [6, 6.07) is 5.08. The highest BCUT2D eigenvalue weighted by Gasteiger charge is 2.01. The third kappa shape index (κ3) is 2.36. The molecule has 0 N–H and O–H groups in total. The van der Waals surface area contributed by atoms with Crippen LogP contribution in [0.2, 0.25) is 5.02 Å². The monoisotopic (exact) mass is 224 g/mol. The minimum absolute atomic E-state index is 0.0764. The lowest BCUT2D eigenvalue weighted by atomic mass is 10.2. The number of halogens is 1. The van der Waals surface area contributed by atoms with Crippen molar-refractivity contribution >= 4 is 22.5 Å². The fourth-order valence-corrected chi connectivity index (χ4v) is 1.36. The second kappa shape index (κ2) is 4.94. The lowest BCUT2D eigenvalue weighted by Crippen LogP contribution is -2.16. The normalized spacial score (nSPS) is 9.60. The predicted octanol–water partition coefficient (Wildman–Crippen LogP) is 2.61. The van der Waals surface area contributed by atoms with E-state index in [0.717, 1.165) is 0 Å². The molecule has 1 aromatic heterocycles. The molecule has 0 saturated carbocycles. The molecule has 1 heterocycles. The second-order valence-corrected chi connectivity index (χ2v) is 3.26. The van der Waals surface area contributed by atoms with E-state index < -0.39 is 0 Å². The molecule has 0 unspecified atom stereocenters. The molecule has 0 saturated heterocycles. The van der Waals surface area contributed by atoms with Crippen molar-refractivity contribution in [1.29, 1.82) is 0 Å². The minimum Gasteiger partial charge on any atom is -0.302 e. The number of nitrogens with zero attached hydrogens (tertiary/aromatic N) is 2. The summed E-state index contributed by atoms with van der Waals surface area (Å²) in [5.74, 6) is 0. The van der Waals surface area contributed by atoms with Gasteiger partial charge in [-0.15, -0.1) is 0 Å². The molecule has 0 aliphatic heterocycles. The first-order valence-electron chi connectivity index (χ1n) is 4.79. The van der Waals surface area contributed by atoms with Crippen molar-refractivity contribution in [3.63, 3.8) is 0 Å². The van der Waals surface area contributed by atoms with Crippen molar-refractivity contribution in [1.82, 2.24) is 9.55 Å². The Bertz CT molecular complexity index is 514. The molecule has 2 rings (SSSR count). The van der Waals surface area contributed by atoms with Crippen LogP contribution in [-0.4, -0.2) is 9.55 Å². The van der Waals surface area contributed by atoms with Crippen LogP contribution < -0.4 is 5.56 Å². The fourth-order valence-electron chi connectivity index (χ4n) is 1.18. The van der Waals surface area contributed by atoms with Gasteiger partial charge in [-0.05, 0) is 18.2 Å². The van der Waals surface area contributed by atoms with Crippen LogP contribution in [0.1, 0.15) is 13.8 Å². The van der Waals surface area contributed by atoms with E-state index in [1.807, 2.05) is 13.8 Å². The van der Waals surface area contributed by atoms with Gasteiger partial charge in [0, 0.05) is 12.1 Å². The van der Waals surface area contributed by atoms with Crippen molar-refractivity contribution in [3.8, 4) is 0 Å². The van der Waals surface area contributed by atoms with Gasteiger partial charge in [-0.2, -0.15) is 0 Å². The van der Waals surface area contributed by atoms with Gasteiger partial charge in [-0.25, -0.2) is 4.98 Å². The lowest BCUT2D eigenvalue weighted by Gasteiger charge is -1.99. The molecule has 0 radical (unpaired) electrons. The van der Waals surface area contributed by atoms with Crippen LogP contribution in [-0.2, 0) is 7.05 Å². The van der Waals surface area contributed by atoms with Crippen molar-refractivity contribution < 1.29 is 0 Å². The number of fused-ring (bicyclic) bond motifs is 1. The standard InChI is InChI=1S/C9H7ClN2O.C2H6/c1-12-5-11-8-3-2-6(10)4-7(8)9(12)13;1-2/h2-5H,1H3;1-2H3. The summed E-state index contributed by atoms with van der Waals surface area (Å²) in [5.41, 5.74) is 0.597. The molecule has 0 amide bonds. The van der Waals surface area contributed by atoms with E-state index in [4.69, 9.17) is 11.6 Å². The van der Waals surface area contributed by atoms with Crippen LogP contribution in [0.25, 0.3) is 10.9 Å². The summed E-state index contributed by atoms with van der Waals surface area (Å²) in [5, 5.41) is 1.11. The molecule has 0 fully saturated rings. The van der Waals surface area contributed by atoms with Crippen LogP contribution in [0.15, 0.2) is 29.3 Å². The molecule has 0 spiro atoms. The van der Waals surface area contributed by atoms with E-state index in [-0.39, 0.29) is 5.56 Å². The molecule has 15 heavy (non-hydrogen) atoms. The molecule has 0 aliphatic rings. The zero-order valence-corrected chi connectivity index (χ0v) is 9.75. The highest BCUT2D eigenvalue weighted by atomic mass is 35.5. The maximum atomic E-state index is 11.5. The van der Waals surface area contributed by atoms with Gasteiger partial charge >= 0.3 is 0 Å². The van der Waals surface area contributed by atoms with Crippen LogP contribution in [0.4, 0.5) is 0 Å². The largest absolute Gasteiger partial charge is 0.302 e. The lowest BCUT2D eigenvalue weighted by molar-refractivity contribution is 0.843. The van der Waals surface area contributed by atoms with Gasteiger partial charge in [0.15, 0.2) is 0 Å². The summed E-state index contributed by atoms with van der Waals surface area (Å²) in [6.07, 6.45) is 1.50. The number of hydrogen-bond acceptors (Lipinski definition) is 2. The van der Waals surface area contributed by atoms with Crippen molar-refractivity contribution in [2.75, 3.05) is 0 Å². The van der Waals surface area contributed by atoms with Gasteiger partial charge in [-0.3, -0.25) is 4.79 Å². The summed E-state index contributed by atoms with van der Waals surface area (Å²) in [6.45, 7) is 4.00. The van der Waals surface area contributed by atoms with E-state index in [2.05, 4.69) is 4.98 Å². The maximum absolute atomic E-state index is 11.5. The SMILES string of the molecule is CC.Cn1cnc2ccc(Cl)cc2c1=O. The highest BCUT2D eigenvalue weighted by molar-refractivity contribution is 6.31. The van der Waals surface area contributed by atoms with Gasteiger partial charge in [0.25, 0.3) is 5.56 Å². The summed E-state index contributed by atoms with van der Waals surface area (Å²) < 4.78 is 1.43. The Kier molecular flexibility index (Phi) is 3.86. The third-order valence-electron chi connectivity index (χ3n) is 1.88. The van der Waals surface area contributed by atoms with Crippen molar-refractivity contribution in [3.05, 3.63) is 39.9 Å². The molecule has 0 atom stereocenters. The Morgan fingerprint density at radius 1 is 1.33 bits per heavy atom. The van der Waals surface area contributed by atoms with Crippen molar-refractivity contribution in [2.45, 2.75) is 13.8 Å². The molecule has 0 aliphatic carbocycles. The number of hydrogen-bond donors (Lipinski definition) is 0. The highest BCUT2D eigenvalue weighted by Crippen LogP contribution is 2.13. The number of benzene rings is 1. The van der Waals surface area contributed by atoms with Gasteiger partial charge in [0.1, 0.15) is 0 Å². The van der Waals surface area contributed by atoms with Crippen LogP contribution in [0.5, 0.6) is 0 Å². The molecular weight excluding hydrogens is 212 g/mol. The summed E-state index contributed by atoms with van der Waals surface area (Å²) in [4.78, 5) is 15.6. The van der Waals surface area contributed by atoms with Crippen molar-refractivity contribution in [2.24, 2.45) is 7.05 Å². The van der Waals surface area contributed by atoms with E-state index in [1.54, 1.807) is 25.2 Å². The van der Waals surface area contributed by atoms with E-state index in [1.165, 1.54) is 10.9 Å². The molecule has 1 aromatic carbocycles. The number of aromatic nitrogens is 2. The minimum atomic E-state index is -0.0764. The Morgan fingerprint density at radius 3 is 2.67 bits per heavy atom. The maximum Gasteiger partial charge on any atom is 0.260 e. The zero-order chi connectivity index (χ0) is 11.4. The van der Waals surface area contributed by atoms with Crippen LogP contribution in [0, 0.1) is 0 Å². The molecule has 2 aromatic rings. The Balaban J connectivity index is 0.000000531. The fraction of sp³-hybridized carbons (Fsp3) is 0.273. The van der Waals surface area contributed by atoms with Crippen LogP contribution >= 0.6 is 11.6 Å². The Hall–Kier alpha value is -1.35. The molecule has 3 nitrogen and oxygen atoms in total. The molecule has 0 bridgehead atoms. The van der Waals surface area contributed by atoms with Crippen LogP contribution in [0.3, 0.4) is 0 Å². The van der Waals surface area contributed by atoms with Gasteiger partial charge in [0.05, 0.1) is 17.2 Å². The molecule has 4 heteroatoms. The quantitative estimate of drug-likeness (QED) is 0.690. The summed E-state index contributed by atoms with van der Waals surface area (Å²) >= 11 is 5.77. The van der Waals surface area contributed by atoms with E-state index >= 15 is 0 Å². The van der Waals surface area contributed by atoms with Gasteiger partial charge in [0.2, 0.25) is 0 Å². The first kappa shape index (κ1) is 11.7. The third-order valence-corrected chi connectivity index (χ3v) is 2.11. The van der Waals surface area contributed by atoms with E-state index in [9.17, 15) is 4.79 Å². The summed E-state index contributed by atoms with van der Waals surface area (Å²) in [7, 11) is 1.66. The molecule has 80 valence electrons. The Labute approximate surface area is 93.3 Å².